The number of ether oxygens (including phenoxy) is 3. The van der Waals surface area contributed by atoms with Crippen molar-refractivity contribution in [2.75, 3.05) is 30.2 Å². The fourth-order valence-corrected chi connectivity index (χ4v) is 4.22. The van der Waals surface area contributed by atoms with Gasteiger partial charge in [-0.1, -0.05) is 30.3 Å². The van der Waals surface area contributed by atoms with Gasteiger partial charge in [-0.25, -0.2) is 0 Å². The van der Waals surface area contributed by atoms with Gasteiger partial charge in [0.1, 0.15) is 5.75 Å². The molecule has 168 valence electrons. The van der Waals surface area contributed by atoms with Gasteiger partial charge in [0.05, 0.1) is 19.6 Å². The number of anilines is 2. The summed E-state index contributed by atoms with van der Waals surface area (Å²) in [5, 5.41) is 0. The molecule has 0 spiro atoms. The summed E-state index contributed by atoms with van der Waals surface area (Å²) < 4.78 is 16.1. The van der Waals surface area contributed by atoms with Crippen molar-refractivity contribution in [2.24, 2.45) is 5.92 Å². The monoisotopic (exact) mass is 444 g/mol. The van der Waals surface area contributed by atoms with Crippen molar-refractivity contribution in [1.82, 2.24) is 0 Å². The van der Waals surface area contributed by atoms with Gasteiger partial charge in [0, 0.05) is 30.4 Å². The molecule has 0 aromatic heterocycles. The molecular weight excluding hydrogens is 420 g/mol. The Morgan fingerprint density at radius 1 is 1.03 bits per heavy atom. The fraction of sp³-hybridized carbons (Fsp3) is 0.231. The predicted molar refractivity (Wildman–Crippen MR) is 124 cm³/mol. The molecule has 0 N–H and O–H groups in total. The molecule has 1 atom stereocenters. The number of hydrogen-bond donors (Lipinski definition) is 0. The number of rotatable bonds is 6. The Balaban J connectivity index is 1.39. The van der Waals surface area contributed by atoms with Crippen LogP contribution in [0.15, 0.2) is 72.8 Å². The van der Waals surface area contributed by atoms with E-state index in [-0.39, 0.29) is 25.0 Å². The van der Waals surface area contributed by atoms with Crippen molar-refractivity contribution in [3.63, 3.8) is 0 Å². The smallest absolute Gasteiger partial charge is 0.232 e. The molecule has 5 rings (SSSR count). The van der Waals surface area contributed by atoms with Gasteiger partial charge in [-0.2, -0.15) is 0 Å². The van der Waals surface area contributed by atoms with Crippen molar-refractivity contribution in [3.05, 3.63) is 78.4 Å². The van der Waals surface area contributed by atoms with Crippen LogP contribution >= 0.6 is 0 Å². The molecule has 1 saturated heterocycles. The molecule has 2 aliphatic rings. The average Bonchev–Trinajstić information content (AvgIpc) is 3.49. The SMILES string of the molecule is COc1ccc(N(Cc2ccccc2)C(=O)C2CC(=O)N(c3ccc4c(c3)OCO4)C2)cc1. The van der Waals surface area contributed by atoms with Crippen LogP contribution in [-0.4, -0.2) is 32.3 Å². The molecule has 2 heterocycles. The maximum absolute atomic E-state index is 13.7. The highest BCUT2D eigenvalue weighted by Gasteiger charge is 2.38. The number of benzene rings is 3. The molecule has 0 saturated carbocycles. The Labute approximate surface area is 192 Å². The molecule has 1 fully saturated rings. The third-order valence-corrected chi connectivity index (χ3v) is 5.98. The Kier molecular flexibility index (Phi) is 5.60. The molecule has 0 aliphatic carbocycles. The van der Waals surface area contributed by atoms with Crippen molar-refractivity contribution in [1.29, 1.82) is 0 Å². The summed E-state index contributed by atoms with van der Waals surface area (Å²) in [6.07, 6.45) is 0.161. The average molecular weight is 444 g/mol. The third kappa shape index (κ3) is 4.22. The number of methoxy groups -OCH3 is 1. The second kappa shape index (κ2) is 8.86. The minimum Gasteiger partial charge on any atom is -0.497 e. The molecule has 2 aliphatic heterocycles. The maximum atomic E-state index is 13.7. The second-order valence-electron chi connectivity index (χ2n) is 8.05. The van der Waals surface area contributed by atoms with Crippen LogP contribution in [0.4, 0.5) is 11.4 Å². The molecule has 0 bridgehead atoms. The number of nitrogens with zero attached hydrogens (tertiary/aromatic N) is 2. The Morgan fingerprint density at radius 2 is 1.79 bits per heavy atom. The number of amides is 2. The minimum atomic E-state index is -0.450. The topological polar surface area (TPSA) is 68.3 Å². The minimum absolute atomic E-state index is 0.0818. The first-order valence-electron chi connectivity index (χ1n) is 10.8. The van der Waals surface area contributed by atoms with Gasteiger partial charge in [-0.3, -0.25) is 9.59 Å². The summed E-state index contributed by atoms with van der Waals surface area (Å²) in [6.45, 7) is 0.906. The van der Waals surface area contributed by atoms with E-state index in [0.717, 1.165) is 17.0 Å². The largest absolute Gasteiger partial charge is 0.497 e. The summed E-state index contributed by atoms with van der Waals surface area (Å²) >= 11 is 0. The highest BCUT2D eigenvalue weighted by atomic mass is 16.7. The van der Waals surface area contributed by atoms with Gasteiger partial charge < -0.3 is 24.0 Å². The van der Waals surface area contributed by atoms with Gasteiger partial charge in [0.25, 0.3) is 0 Å². The normalized spacial score (nSPS) is 16.7. The highest BCUT2D eigenvalue weighted by molar-refractivity contribution is 6.04. The van der Waals surface area contributed by atoms with Crippen molar-refractivity contribution >= 4 is 23.2 Å². The predicted octanol–water partition coefficient (Wildman–Crippen LogP) is 4.01. The molecule has 33 heavy (non-hydrogen) atoms. The van der Waals surface area contributed by atoms with Crippen LogP contribution in [0.5, 0.6) is 17.2 Å². The van der Waals surface area contributed by atoms with Crippen molar-refractivity contribution in [2.45, 2.75) is 13.0 Å². The molecular formula is C26H24N2O5. The Hall–Kier alpha value is -4.00. The molecule has 3 aromatic carbocycles. The molecule has 7 nitrogen and oxygen atoms in total. The number of fused-ring (bicyclic) bond motifs is 1. The lowest BCUT2D eigenvalue weighted by atomic mass is 10.1. The van der Waals surface area contributed by atoms with E-state index in [2.05, 4.69) is 0 Å². The first kappa shape index (κ1) is 20.9. The highest BCUT2D eigenvalue weighted by Crippen LogP contribution is 2.37. The number of hydrogen-bond acceptors (Lipinski definition) is 5. The Morgan fingerprint density at radius 3 is 2.55 bits per heavy atom. The molecule has 1 unspecified atom stereocenters. The van der Waals surface area contributed by atoms with Gasteiger partial charge >= 0.3 is 0 Å². The van der Waals surface area contributed by atoms with Gasteiger partial charge in [-0.05, 0) is 42.0 Å². The van der Waals surface area contributed by atoms with E-state index in [1.165, 1.54) is 0 Å². The Bertz CT molecular complexity index is 1160. The van der Waals surface area contributed by atoms with Crippen LogP contribution in [0, 0.1) is 5.92 Å². The van der Waals surface area contributed by atoms with Gasteiger partial charge in [0.15, 0.2) is 11.5 Å². The standard InChI is InChI=1S/C26H24N2O5/c1-31-22-10-7-20(8-11-22)28(15-18-5-3-2-4-6-18)26(30)19-13-25(29)27(16-19)21-9-12-23-24(14-21)33-17-32-23/h2-12,14,19H,13,15-17H2,1H3. The zero-order valence-corrected chi connectivity index (χ0v) is 18.3. The summed E-state index contributed by atoms with van der Waals surface area (Å²) in [6, 6.07) is 22.6. The van der Waals surface area contributed by atoms with E-state index >= 15 is 0 Å². The van der Waals surface area contributed by atoms with E-state index in [4.69, 9.17) is 14.2 Å². The lowest BCUT2D eigenvalue weighted by molar-refractivity contribution is -0.124. The fourth-order valence-electron chi connectivity index (χ4n) is 4.22. The van der Waals surface area contributed by atoms with Crippen molar-refractivity contribution < 1.29 is 23.8 Å². The van der Waals surface area contributed by atoms with E-state index in [1.807, 2.05) is 60.7 Å². The second-order valence-corrected chi connectivity index (χ2v) is 8.05. The summed E-state index contributed by atoms with van der Waals surface area (Å²) in [4.78, 5) is 29.9. The van der Waals surface area contributed by atoms with E-state index in [0.29, 0.717) is 30.3 Å². The first-order chi connectivity index (χ1) is 16.1. The number of carbonyl (C=O) groups is 2. The number of carbonyl (C=O) groups excluding carboxylic acids is 2. The maximum Gasteiger partial charge on any atom is 0.232 e. The van der Waals surface area contributed by atoms with E-state index in [1.54, 1.807) is 29.0 Å². The quantitative estimate of drug-likeness (QED) is 0.575. The van der Waals surface area contributed by atoms with Crippen LogP contribution in [-0.2, 0) is 16.1 Å². The third-order valence-electron chi connectivity index (χ3n) is 5.98. The molecule has 2 amide bonds. The van der Waals surface area contributed by atoms with Crippen molar-refractivity contribution in [3.8, 4) is 17.2 Å². The zero-order chi connectivity index (χ0) is 22.8. The summed E-state index contributed by atoms with van der Waals surface area (Å²) in [5.41, 5.74) is 2.48. The van der Waals surface area contributed by atoms with Crippen LogP contribution in [0.25, 0.3) is 0 Å². The molecule has 7 heteroatoms. The van der Waals surface area contributed by atoms with E-state index in [9.17, 15) is 9.59 Å². The van der Waals surface area contributed by atoms with Gasteiger partial charge in [-0.15, -0.1) is 0 Å². The molecule has 0 radical (unpaired) electrons. The van der Waals surface area contributed by atoms with Gasteiger partial charge in [0.2, 0.25) is 18.6 Å². The van der Waals surface area contributed by atoms with Crippen LogP contribution in [0.3, 0.4) is 0 Å². The summed E-state index contributed by atoms with van der Waals surface area (Å²) in [5.74, 6) is 1.37. The van der Waals surface area contributed by atoms with E-state index < -0.39 is 5.92 Å². The lowest BCUT2D eigenvalue weighted by Gasteiger charge is -2.26. The zero-order valence-electron chi connectivity index (χ0n) is 18.3. The lowest BCUT2D eigenvalue weighted by Crippen LogP contribution is -2.37. The van der Waals surface area contributed by atoms with Crippen LogP contribution in [0.2, 0.25) is 0 Å². The van der Waals surface area contributed by atoms with Crippen LogP contribution in [0.1, 0.15) is 12.0 Å². The van der Waals surface area contributed by atoms with Crippen LogP contribution < -0.4 is 24.0 Å². The molecule has 3 aromatic rings. The first-order valence-corrected chi connectivity index (χ1v) is 10.8. The summed E-state index contributed by atoms with van der Waals surface area (Å²) in [7, 11) is 1.61.